The van der Waals surface area contributed by atoms with Gasteiger partial charge < -0.3 is 15.4 Å². The van der Waals surface area contributed by atoms with Gasteiger partial charge in [-0.15, -0.1) is 0 Å². The van der Waals surface area contributed by atoms with Gasteiger partial charge in [0, 0.05) is 12.5 Å². The predicted octanol–water partition coefficient (Wildman–Crippen LogP) is 1.83. The number of H-pyrrole nitrogens is 1. The Morgan fingerprint density at radius 3 is 2.92 bits per heavy atom. The first-order valence-corrected chi connectivity index (χ1v) is 9.21. The van der Waals surface area contributed by atoms with Crippen LogP contribution in [0.1, 0.15) is 45.0 Å². The summed E-state index contributed by atoms with van der Waals surface area (Å²) in [5.41, 5.74) is 8.62. The summed E-state index contributed by atoms with van der Waals surface area (Å²) in [6.45, 7) is 4.34. The number of aliphatic hydroxyl groups excluding tert-OH is 1. The molecule has 3 aromatic heterocycles. The van der Waals surface area contributed by atoms with Crippen LogP contribution in [-0.2, 0) is 6.42 Å². The van der Waals surface area contributed by atoms with Crippen LogP contribution in [-0.4, -0.2) is 47.0 Å². The minimum atomic E-state index is -0.577. The molecule has 0 amide bonds. The maximum Gasteiger partial charge on any atom is 0.199 e. The summed E-state index contributed by atoms with van der Waals surface area (Å²) in [5.74, 6) is 1.98. The van der Waals surface area contributed by atoms with Crippen molar-refractivity contribution in [3.63, 3.8) is 0 Å². The van der Waals surface area contributed by atoms with Crippen LogP contribution in [0.25, 0.3) is 22.6 Å². The van der Waals surface area contributed by atoms with E-state index in [1.165, 1.54) is 6.33 Å². The van der Waals surface area contributed by atoms with Crippen molar-refractivity contribution >= 4 is 11.0 Å². The van der Waals surface area contributed by atoms with E-state index in [-0.39, 0.29) is 12.1 Å². The molecule has 1 aliphatic carbocycles. The molecule has 1 fully saturated rings. The van der Waals surface area contributed by atoms with Crippen molar-refractivity contribution in [2.24, 2.45) is 11.7 Å². The van der Waals surface area contributed by atoms with Crippen LogP contribution in [0, 0.1) is 5.92 Å². The summed E-state index contributed by atoms with van der Waals surface area (Å²) < 4.78 is 2.18. The summed E-state index contributed by atoms with van der Waals surface area (Å²) in [6, 6.07) is 1.69. The summed E-state index contributed by atoms with van der Waals surface area (Å²) in [7, 11) is 0. The zero-order valence-electron chi connectivity index (χ0n) is 15.1. The van der Waals surface area contributed by atoms with Gasteiger partial charge in [-0.25, -0.2) is 9.97 Å². The number of aromatic amines is 1. The molecule has 0 saturated heterocycles. The lowest BCUT2D eigenvalue weighted by molar-refractivity contribution is 0.0573. The molecular weight excluding hydrogens is 330 g/mol. The molecule has 0 bridgehead atoms. The number of nitrogens with zero attached hydrogens (tertiary/aromatic N) is 5. The third-order valence-electron chi connectivity index (χ3n) is 5.09. The van der Waals surface area contributed by atoms with E-state index in [0.717, 1.165) is 42.5 Å². The van der Waals surface area contributed by atoms with E-state index in [1.807, 2.05) is 6.07 Å². The van der Waals surface area contributed by atoms with Gasteiger partial charge in [0.2, 0.25) is 0 Å². The summed E-state index contributed by atoms with van der Waals surface area (Å²) in [6.07, 6.45) is 6.30. The van der Waals surface area contributed by atoms with E-state index in [4.69, 9.17) is 10.7 Å². The zero-order valence-corrected chi connectivity index (χ0v) is 15.1. The van der Waals surface area contributed by atoms with Gasteiger partial charge >= 0.3 is 0 Å². The molecule has 0 aliphatic heterocycles. The molecular formula is C18H25N7O. The summed E-state index contributed by atoms with van der Waals surface area (Å²) >= 11 is 0. The molecule has 3 aromatic rings. The molecule has 8 nitrogen and oxygen atoms in total. The van der Waals surface area contributed by atoms with Gasteiger partial charge in [-0.1, -0.05) is 13.8 Å². The van der Waals surface area contributed by atoms with E-state index < -0.39 is 6.10 Å². The average Bonchev–Trinajstić information content (AvgIpc) is 3.24. The number of fused-ring (bicyclic) bond motifs is 1. The largest absolute Gasteiger partial charge is 0.389 e. The first-order chi connectivity index (χ1) is 12.5. The molecule has 0 aromatic carbocycles. The lowest BCUT2D eigenvalue weighted by Crippen LogP contribution is -2.44. The van der Waals surface area contributed by atoms with Crippen molar-refractivity contribution in [1.82, 2.24) is 29.7 Å². The number of imidazole rings is 1. The van der Waals surface area contributed by atoms with Gasteiger partial charge in [-0.2, -0.15) is 5.10 Å². The van der Waals surface area contributed by atoms with Gasteiger partial charge in [-0.05, 0) is 31.2 Å². The predicted molar refractivity (Wildman–Crippen MR) is 98.3 cm³/mol. The van der Waals surface area contributed by atoms with Crippen LogP contribution in [0.4, 0.5) is 0 Å². The minimum absolute atomic E-state index is 0.0695. The second kappa shape index (κ2) is 6.77. The number of hydrogen-bond acceptors (Lipinski definition) is 6. The van der Waals surface area contributed by atoms with E-state index in [9.17, 15) is 5.11 Å². The number of pyridine rings is 1. The van der Waals surface area contributed by atoms with E-state index in [1.54, 1.807) is 6.20 Å². The number of nitrogens with two attached hydrogens (primary N) is 1. The molecule has 26 heavy (non-hydrogen) atoms. The van der Waals surface area contributed by atoms with Crippen molar-refractivity contribution < 1.29 is 5.11 Å². The Morgan fingerprint density at radius 1 is 1.35 bits per heavy atom. The first-order valence-electron chi connectivity index (χ1n) is 9.21. The normalized spacial score (nSPS) is 23.8. The zero-order chi connectivity index (χ0) is 18.3. The quantitative estimate of drug-likeness (QED) is 0.657. The molecule has 0 unspecified atom stereocenters. The Labute approximate surface area is 151 Å². The standard InChI is InChI=1S/C18H25N7O/c1-10(2)6-16-23-13-8-20-12(18-21-9-22-24-18)7-15(13)25(16)14-5-3-4-11(19)17(14)26/h7-11,14,17,26H,3-6,19H2,1-2H3,(H,21,22,24)/t11-,14+,17-/m0/s1. The van der Waals surface area contributed by atoms with Crippen LogP contribution in [0.2, 0.25) is 0 Å². The fourth-order valence-electron chi connectivity index (χ4n) is 3.85. The fourth-order valence-corrected chi connectivity index (χ4v) is 3.85. The third kappa shape index (κ3) is 2.99. The Hall–Kier alpha value is -2.32. The second-order valence-electron chi connectivity index (χ2n) is 7.53. The van der Waals surface area contributed by atoms with Crippen molar-refractivity contribution in [3.05, 3.63) is 24.4 Å². The monoisotopic (exact) mass is 355 g/mol. The Morgan fingerprint density at radius 2 is 2.19 bits per heavy atom. The molecule has 138 valence electrons. The van der Waals surface area contributed by atoms with Crippen molar-refractivity contribution in [2.75, 3.05) is 0 Å². The van der Waals surface area contributed by atoms with E-state index >= 15 is 0 Å². The van der Waals surface area contributed by atoms with Crippen LogP contribution >= 0.6 is 0 Å². The second-order valence-corrected chi connectivity index (χ2v) is 7.53. The number of hydrogen-bond donors (Lipinski definition) is 3. The summed E-state index contributed by atoms with van der Waals surface area (Å²) in [4.78, 5) is 13.5. The number of aliphatic hydroxyl groups is 1. The molecule has 4 rings (SSSR count). The van der Waals surface area contributed by atoms with Crippen LogP contribution in [0.5, 0.6) is 0 Å². The average molecular weight is 355 g/mol. The molecule has 1 aliphatic rings. The highest BCUT2D eigenvalue weighted by atomic mass is 16.3. The molecule has 1 saturated carbocycles. The molecule has 0 spiro atoms. The van der Waals surface area contributed by atoms with Gasteiger partial charge in [-0.3, -0.25) is 10.1 Å². The van der Waals surface area contributed by atoms with Crippen LogP contribution in [0.3, 0.4) is 0 Å². The van der Waals surface area contributed by atoms with Crippen LogP contribution < -0.4 is 5.73 Å². The van der Waals surface area contributed by atoms with E-state index in [2.05, 4.69) is 38.6 Å². The molecule has 3 atom stereocenters. The van der Waals surface area contributed by atoms with Gasteiger partial charge in [0.15, 0.2) is 5.82 Å². The van der Waals surface area contributed by atoms with Crippen molar-refractivity contribution in [1.29, 1.82) is 0 Å². The Kier molecular flexibility index (Phi) is 4.46. The highest BCUT2D eigenvalue weighted by Gasteiger charge is 2.33. The van der Waals surface area contributed by atoms with Gasteiger partial charge in [0.1, 0.15) is 23.4 Å². The molecule has 8 heteroatoms. The highest BCUT2D eigenvalue weighted by Crippen LogP contribution is 2.34. The minimum Gasteiger partial charge on any atom is -0.389 e. The Bertz CT molecular complexity index is 886. The number of nitrogens with one attached hydrogen (secondary N) is 1. The lowest BCUT2D eigenvalue weighted by atomic mass is 9.88. The van der Waals surface area contributed by atoms with Crippen LogP contribution in [0.15, 0.2) is 18.6 Å². The van der Waals surface area contributed by atoms with Crippen molar-refractivity contribution in [2.45, 2.75) is 57.7 Å². The lowest BCUT2D eigenvalue weighted by Gasteiger charge is -2.34. The first kappa shape index (κ1) is 17.1. The van der Waals surface area contributed by atoms with Gasteiger partial charge in [0.05, 0.1) is 23.9 Å². The molecule has 4 N–H and O–H groups in total. The fraction of sp³-hybridized carbons (Fsp3) is 0.556. The molecule has 3 heterocycles. The molecule has 0 radical (unpaired) electrons. The van der Waals surface area contributed by atoms with Crippen molar-refractivity contribution in [3.8, 4) is 11.5 Å². The summed E-state index contributed by atoms with van der Waals surface area (Å²) in [5, 5.41) is 17.6. The maximum absolute atomic E-state index is 10.8. The highest BCUT2D eigenvalue weighted by molar-refractivity contribution is 5.79. The van der Waals surface area contributed by atoms with E-state index in [0.29, 0.717) is 17.4 Å². The Balaban J connectivity index is 1.87. The smallest absolute Gasteiger partial charge is 0.199 e. The SMILES string of the molecule is CC(C)Cc1nc2cnc(-c3nc[nH]n3)cc2n1[C@@H]1CCC[C@H](N)[C@@H]1O. The number of rotatable bonds is 4. The number of aromatic nitrogens is 6. The topological polar surface area (TPSA) is 119 Å². The maximum atomic E-state index is 10.8. The van der Waals surface area contributed by atoms with Gasteiger partial charge in [0.25, 0.3) is 0 Å². The third-order valence-corrected chi connectivity index (χ3v) is 5.09.